The first-order chi connectivity index (χ1) is 6.67. The zero-order chi connectivity index (χ0) is 9.55. The monoisotopic (exact) mass is 194 g/mol. The summed E-state index contributed by atoms with van der Waals surface area (Å²) in [6, 6.07) is 0. The third kappa shape index (κ3) is 0.674. The van der Waals surface area contributed by atoms with E-state index in [1.165, 1.54) is 25.7 Å². The van der Waals surface area contributed by atoms with E-state index in [0.29, 0.717) is 12.2 Å². The van der Waals surface area contributed by atoms with Gasteiger partial charge >= 0.3 is 0 Å². The molecule has 4 rings (SSSR count). The largest absolute Gasteiger partial charge is 0.366 e. The topological polar surface area (TPSA) is 25.1 Å². The fourth-order valence-electron chi connectivity index (χ4n) is 4.35. The van der Waals surface area contributed by atoms with Crippen LogP contribution in [0.15, 0.2) is 0 Å². The molecule has 2 nitrogen and oxygen atoms in total. The number of ether oxygens (including phenoxy) is 2. The van der Waals surface area contributed by atoms with Crippen LogP contribution in [-0.2, 0) is 9.47 Å². The number of hydrogen-bond acceptors (Lipinski definition) is 2. The minimum Gasteiger partial charge on any atom is -0.366 e. The molecule has 0 bridgehead atoms. The van der Waals surface area contributed by atoms with Crippen LogP contribution in [0.3, 0.4) is 0 Å². The van der Waals surface area contributed by atoms with Crippen molar-refractivity contribution in [3.05, 3.63) is 0 Å². The molecule has 6 atom stereocenters. The van der Waals surface area contributed by atoms with Gasteiger partial charge in [-0.1, -0.05) is 6.92 Å². The molecule has 0 radical (unpaired) electrons. The maximum atomic E-state index is 6.11. The third-order valence-corrected chi connectivity index (χ3v) is 5.26. The van der Waals surface area contributed by atoms with E-state index in [2.05, 4.69) is 13.8 Å². The van der Waals surface area contributed by atoms with Crippen molar-refractivity contribution in [2.45, 2.75) is 62.9 Å². The van der Waals surface area contributed by atoms with Gasteiger partial charge in [-0.2, -0.15) is 0 Å². The first-order valence-corrected chi connectivity index (χ1v) is 6.03. The van der Waals surface area contributed by atoms with Crippen molar-refractivity contribution in [3.8, 4) is 0 Å². The molecule has 1 spiro atoms. The number of fused-ring (bicyclic) bond motifs is 1. The molecule has 2 saturated carbocycles. The van der Waals surface area contributed by atoms with Crippen LogP contribution in [-0.4, -0.2) is 23.4 Å². The minimum absolute atomic E-state index is 0.160. The summed E-state index contributed by atoms with van der Waals surface area (Å²) in [6.07, 6.45) is 6.24. The first-order valence-electron chi connectivity index (χ1n) is 6.03. The summed E-state index contributed by atoms with van der Waals surface area (Å²) in [6.45, 7) is 4.70. The normalized spacial score (nSPS) is 69.0. The van der Waals surface area contributed by atoms with E-state index < -0.39 is 0 Å². The second-order valence-corrected chi connectivity index (χ2v) is 5.92. The van der Waals surface area contributed by atoms with Gasteiger partial charge in [0.05, 0.1) is 11.7 Å². The maximum absolute atomic E-state index is 6.11. The Hall–Kier alpha value is -0.0800. The van der Waals surface area contributed by atoms with E-state index in [1.54, 1.807) is 0 Å². The average Bonchev–Trinajstić information content (AvgIpc) is 2.99. The van der Waals surface area contributed by atoms with E-state index in [1.807, 2.05) is 0 Å². The summed E-state index contributed by atoms with van der Waals surface area (Å²) >= 11 is 0. The smallest absolute Gasteiger partial charge is 0.129 e. The zero-order valence-corrected chi connectivity index (χ0v) is 8.95. The van der Waals surface area contributed by atoms with Crippen LogP contribution in [0, 0.1) is 11.8 Å². The van der Waals surface area contributed by atoms with Crippen molar-refractivity contribution in [2.24, 2.45) is 11.8 Å². The number of epoxide rings is 2. The van der Waals surface area contributed by atoms with E-state index >= 15 is 0 Å². The van der Waals surface area contributed by atoms with Crippen LogP contribution in [0.1, 0.15) is 39.5 Å². The van der Waals surface area contributed by atoms with E-state index in [-0.39, 0.29) is 11.2 Å². The Kier molecular flexibility index (Phi) is 1.19. The Labute approximate surface area is 85.0 Å². The molecular weight excluding hydrogens is 176 g/mol. The summed E-state index contributed by atoms with van der Waals surface area (Å²) in [5, 5.41) is 0. The molecule has 4 fully saturated rings. The fourth-order valence-corrected chi connectivity index (χ4v) is 4.35. The Bertz CT molecular complexity index is 303. The van der Waals surface area contributed by atoms with Crippen LogP contribution >= 0.6 is 0 Å². The van der Waals surface area contributed by atoms with Gasteiger partial charge in [-0.05, 0) is 44.4 Å². The van der Waals surface area contributed by atoms with Gasteiger partial charge in [0.2, 0.25) is 0 Å². The summed E-state index contributed by atoms with van der Waals surface area (Å²) < 4.78 is 11.9. The molecule has 0 N–H and O–H groups in total. The summed E-state index contributed by atoms with van der Waals surface area (Å²) in [7, 11) is 0. The standard InChI is InChI=1S/C12H18O2/c1-7-3-4-9-10(13-9)12-8(7)5-6-11(12,2)14-12/h7-10H,3-6H2,1-2H3/t7-,8-,9-,10-,11+,12+/m0/s1. The highest BCUT2D eigenvalue weighted by Crippen LogP contribution is 2.71. The molecule has 0 aromatic carbocycles. The molecule has 78 valence electrons. The van der Waals surface area contributed by atoms with Crippen LogP contribution < -0.4 is 0 Å². The van der Waals surface area contributed by atoms with Crippen molar-refractivity contribution in [3.63, 3.8) is 0 Å². The number of hydrogen-bond donors (Lipinski definition) is 0. The lowest BCUT2D eigenvalue weighted by Crippen LogP contribution is -2.34. The molecule has 2 saturated heterocycles. The lowest BCUT2D eigenvalue weighted by atomic mass is 9.80. The molecule has 0 aromatic rings. The second-order valence-electron chi connectivity index (χ2n) is 5.92. The Morgan fingerprint density at radius 2 is 2.07 bits per heavy atom. The molecule has 2 heteroatoms. The highest BCUT2D eigenvalue weighted by Gasteiger charge is 2.82. The van der Waals surface area contributed by atoms with Crippen LogP contribution in [0.2, 0.25) is 0 Å². The van der Waals surface area contributed by atoms with Crippen molar-refractivity contribution in [2.75, 3.05) is 0 Å². The number of rotatable bonds is 0. The minimum atomic E-state index is 0.160. The highest BCUT2D eigenvalue weighted by atomic mass is 16.7. The van der Waals surface area contributed by atoms with E-state index in [9.17, 15) is 0 Å². The van der Waals surface area contributed by atoms with Gasteiger partial charge in [-0.3, -0.25) is 0 Å². The van der Waals surface area contributed by atoms with Gasteiger partial charge in [0.25, 0.3) is 0 Å². The summed E-state index contributed by atoms with van der Waals surface area (Å²) in [5.41, 5.74) is 0.350. The van der Waals surface area contributed by atoms with Gasteiger partial charge in [0, 0.05) is 0 Å². The van der Waals surface area contributed by atoms with Gasteiger partial charge in [0.1, 0.15) is 11.7 Å². The van der Waals surface area contributed by atoms with Crippen molar-refractivity contribution in [1.82, 2.24) is 0 Å². The molecule has 0 unspecified atom stereocenters. The molecular formula is C12H18O2. The predicted molar refractivity (Wildman–Crippen MR) is 52.0 cm³/mol. The Morgan fingerprint density at radius 1 is 1.21 bits per heavy atom. The van der Waals surface area contributed by atoms with Crippen LogP contribution in [0.25, 0.3) is 0 Å². The summed E-state index contributed by atoms with van der Waals surface area (Å²) in [4.78, 5) is 0. The quantitative estimate of drug-likeness (QED) is 0.552. The zero-order valence-electron chi connectivity index (χ0n) is 8.95. The third-order valence-electron chi connectivity index (χ3n) is 5.26. The molecule has 2 heterocycles. The first kappa shape index (κ1) is 8.12. The molecule has 14 heavy (non-hydrogen) atoms. The van der Waals surface area contributed by atoms with Gasteiger partial charge in [-0.25, -0.2) is 0 Å². The molecule has 0 aromatic heterocycles. The molecule has 4 aliphatic rings. The molecule has 2 aliphatic heterocycles. The Morgan fingerprint density at radius 3 is 2.86 bits per heavy atom. The van der Waals surface area contributed by atoms with Gasteiger partial charge in [0.15, 0.2) is 0 Å². The van der Waals surface area contributed by atoms with Crippen molar-refractivity contribution >= 4 is 0 Å². The van der Waals surface area contributed by atoms with Crippen molar-refractivity contribution < 1.29 is 9.47 Å². The molecule has 0 amide bonds. The fraction of sp³-hybridized carbons (Fsp3) is 1.00. The SMILES string of the molecule is C[C@H]1CC[C@@H]2O[C@@H]2[C@@]23O[C@]2(C)CC[C@@H]13. The van der Waals surface area contributed by atoms with Crippen LogP contribution in [0.4, 0.5) is 0 Å². The van der Waals surface area contributed by atoms with Crippen molar-refractivity contribution in [1.29, 1.82) is 0 Å². The van der Waals surface area contributed by atoms with Gasteiger partial charge in [-0.15, -0.1) is 0 Å². The maximum Gasteiger partial charge on any atom is 0.129 e. The molecule has 2 aliphatic carbocycles. The van der Waals surface area contributed by atoms with Gasteiger partial charge < -0.3 is 9.47 Å². The lowest BCUT2D eigenvalue weighted by Gasteiger charge is -2.24. The highest BCUT2D eigenvalue weighted by molar-refractivity contribution is 5.30. The van der Waals surface area contributed by atoms with E-state index in [0.717, 1.165) is 11.8 Å². The van der Waals surface area contributed by atoms with Crippen LogP contribution in [0.5, 0.6) is 0 Å². The average molecular weight is 194 g/mol. The second kappa shape index (κ2) is 2.05. The predicted octanol–water partition coefficient (Wildman–Crippen LogP) is 2.12. The Balaban J connectivity index is 1.78. The van der Waals surface area contributed by atoms with E-state index in [4.69, 9.17) is 9.47 Å². The summed E-state index contributed by atoms with van der Waals surface area (Å²) in [5.74, 6) is 1.63. The lowest BCUT2D eigenvalue weighted by molar-refractivity contribution is 0.105.